The summed E-state index contributed by atoms with van der Waals surface area (Å²) < 4.78 is 2.36. The molecule has 1 aliphatic heterocycles. The summed E-state index contributed by atoms with van der Waals surface area (Å²) in [5, 5.41) is 9.51. The molecule has 2 aromatic heterocycles. The van der Waals surface area contributed by atoms with E-state index in [0.29, 0.717) is 25.0 Å². The van der Waals surface area contributed by atoms with Crippen LogP contribution in [0.5, 0.6) is 0 Å². The maximum atomic E-state index is 11.6. The van der Waals surface area contributed by atoms with Crippen LogP contribution in [0.4, 0.5) is 4.79 Å². The SMILES string of the molecule is CCCN(Cc1nc2ccccc2n1C[C@H]1CCCN(C(=O)O)C1)[C@H]1CCCc2cccnc21. The number of para-hydroxylation sites is 2. The van der Waals surface area contributed by atoms with Gasteiger partial charge in [-0.2, -0.15) is 0 Å². The summed E-state index contributed by atoms with van der Waals surface area (Å²) in [4.78, 5) is 25.6. The topological polar surface area (TPSA) is 74.5 Å². The molecule has 3 heterocycles. The van der Waals surface area contributed by atoms with Crippen molar-refractivity contribution in [3.63, 3.8) is 0 Å². The number of aromatic nitrogens is 3. The Labute approximate surface area is 201 Å². The Bertz CT molecular complexity index is 1140. The zero-order valence-electron chi connectivity index (χ0n) is 20.1. The minimum Gasteiger partial charge on any atom is -0.465 e. The van der Waals surface area contributed by atoms with Gasteiger partial charge >= 0.3 is 6.09 Å². The maximum Gasteiger partial charge on any atom is 0.407 e. The molecule has 1 amide bonds. The van der Waals surface area contributed by atoms with Crippen molar-refractivity contribution in [1.82, 2.24) is 24.3 Å². The minimum atomic E-state index is -0.807. The molecular weight excluding hydrogens is 426 g/mol. The van der Waals surface area contributed by atoms with Crippen molar-refractivity contribution < 1.29 is 9.90 Å². The number of benzene rings is 1. The molecular formula is C27H35N5O2. The number of aryl methyl sites for hydroxylation is 1. The zero-order chi connectivity index (χ0) is 23.5. The largest absolute Gasteiger partial charge is 0.465 e. The minimum absolute atomic E-state index is 0.304. The molecule has 1 aliphatic carbocycles. The summed E-state index contributed by atoms with van der Waals surface area (Å²) in [7, 11) is 0. The standard InChI is InChI=1S/C27H35N5O2/c1-2-15-30(24-13-5-9-21-10-6-14-28-26(21)24)19-25-29-22-11-3-4-12-23(22)32(25)18-20-8-7-16-31(17-20)27(33)34/h3-4,6,10-12,14,20,24H,2,5,7-9,13,15-19H2,1H3,(H,33,34)/t20-,24-/m0/s1. The van der Waals surface area contributed by atoms with Crippen LogP contribution in [0.15, 0.2) is 42.6 Å². The van der Waals surface area contributed by atoms with Gasteiger partial charge in [0.25, 0.3) is 0 Å². The first-order chi connectivity index (χ1) is 16.6. The van der Waals surface area contributed by atoms with Gasteiger partial charge in [-0.15, -0.1) is 0 Å². The van der Waals surface area contributed by atoms with Crippen molar-refractivity contribution in [2.45, 2.75) is 64.6 Å². The molecule has 7 heteroatoms. The van der Waals surface area contributed by atoms with Crippen LogP contribution in [0.25, 0.3) is 11.0 Å². The van der Waals surface area contributed by atoms with Crippen LogP contribution in [-0.4, -0.2) is 55.2 Å². The van der Waals surface area contributed by atoms with E-state index in [4.69, 9.17) is 9.97 Å². The molecule has 1 aromatic carbocycles. The predicted octanol–water partition coefficient (Wildman–Crippen LogP) is 5.11. The summed E-state index contributed by atoms with van der Waals surface area (Å²) in [5.41, 5.74) is 4.77. The number of pyridine rings is 1. The van der Waals surface area contributed by atoms with E-state index in [0.717, 1.165) is 68.6 Å². The Hall–Kier alpha value is -2.93. The number of rotatable bonds is 7. The molecule has 180 valence electrons. The van der Waals surface area contributed by atoms with Crippen LogP contribution < -0.4 is 0 Å². The monoisotopic (exact) mass is 461 g/mol. The number of piperidine rings is 1. The third-order valence-corrected chi connectivity index (χ3v) is 7.43. The van der Waals surface area contributed by atoms with Crippen molar-refractivity contribution in [3.8, 4) is 0 Å². The molecule has 0 bridgehead atoms. The maximum absolute atomic E-state index is 11.6. The molecule has 1 saturated heterocycles. The lowest BCUT2D eigenvalue weighted by atomic mass is 9.90. The van der Waals surface area contributed by atoms with E-state index in [1.54, 1.807) is 4.90 Å². The average Bonchev–Trinajstić information content (AvgIpc) is 3.20. The van der Waals surface area contributed by atoms with E-state index in [1.165, 1.54) is 17.7 Å². The van der Waals surface area contributed by atoms with Gasteiger partial charge in [0.15, 0.2) is 0 Å². The Kier molecular flexibility index (Phi) is 6.81. The van der Waals surface area contributed by atoms with Crippen LogP contribution >= 0.6 is 0 Å². The highest BCUT2D eigenvalue weighted by molar-refractivity contribution is 5.75. The highest BCUT2D eigenvalue weighted by Gasteiger charge is 2.29. The number of imidazole rings is 1. The van der Waals surface area contributed by atoms with E-state index in [1.807, 2.05) is 12.3 Å². The molecule has 3 aromatic rings. The third kappa shape index (κ3) is 4.67. The highest BCUT2D eigenvalue weighted by atomic mass is 16.4. The number of hydrogen-bond acceptors (Lipinski definition) is 4. The van der Waals surface area contributed by atoms with Crippen molar-refractivity contribution in [3.05, 3.63) is 59.7 Å². The van der Waals surface area contributed by atoms with Gasteiger partial charge in [0, 0.05) is 25.8 Å². The van der Waals surface area contributed by atoms with E-state index in [9.17, 15) is 9.90 Å². The smallest absolute Gasteiger partial charge is 0.407 e. The van der Waals surface area contributed by atoms with Gasteiger partial charge in [0.05, 0.1) is 29.3 Å². The second kappa shape index (κ2) is 10.1. The molecule has 5 rings (SSSR count). The van der Waals surface area contributed by atoms with Crippen LogP contribution in [0.2, 0.25) is 0 Å². The molecule has 1 N–H and O–H groups in total. The van der Waals surface area contributed by atoms with E-state index >= 15 is 0 Å². The fraction of sp³-hybridized carbons (Fsp3) is 0.519. The van der Waals surface area contributed by atoms with Gasteiger partial charge < -0.3 is 14.6 Å². The highest BCUT2D eigenvalue weighted by Crippen LogP contribution is 2.34. The van der Waals surface area contributed by atoms with Gasteiger partial charge in [-0.05, 0) is 74.8 Å². The Morgan fingerprint density at radius 2 is 2.06 bits per heavy atom. The van der Waals surface area contributed by atoms with Crippen LogP contribution in [0.3, 0.4) is 0 Å². The molecule has 34 heavy (non-hydrogen) atoms. The fourth-order valence-electron chi connectivity index (χ4n) is 5.85. The number of hydrogen-bond donors (Lipinski definition) is 1. The van der Waals surface area contributed by atoms with E-state index < -0.39 is 6.09 Å². The molecule has 7 nitrogen and oxygen atoms in total. The summed E-state index contributed by atoms with van der Waals surface area (Å²) >= 11 is 0. The summed E-state index contributed by atoms with van der Waals surface area (Å²) in [6, 6.07) is 12.9. The van der Waals surface area contributed by atoms with Crippen LogP contribution in [0, 0.1) is 5.92 Å². The van der Waals surface area contributed by atoms with Crippen molar-refractivity contribution in [2.75, 3.05) is 19.6 Å². The summed E-state index contributed by atoms with van der Waals surface area (Å²) in [6.07, 6.45) is 7.59. The first-order valence-electron chi connectivity index (χ1n) is 12.7. The first-order valence-corrected chi connectivity index (χ1v) is 12.7. The lowest BCUT2D eigenvalue weighted by molar-refractivity contribution is 0.115. The average molecular weight is 462 g/mol. The number of carbonyl (C=O) groups is 1. The Balaban J connectivity index is 1.45. The van der Waals surface area contributed by atoms with Crippen molar-refractivity contribution in [1.29, 1.82) is 0 Å². The van der Waals surface area contributed by atoms with Gasteiger partial charge in [-0.1, -0.05) is 25.1 Å². The first kappa shape index (κ1) is 22.8. The predicted molar refractivity (Wildman–Crippen MR) is 133 cm³/mol. The number of fused-ring (bicyclic) bond motifs is 2. The second-order valence-electron chi connectivity index (χ2n) is 9.79. The van der Waals surface area contributed by atoms with Gasteiger partial charge in [0.2, 0.25) is 0 Å². The van der Waals surface area contributed by atoms with Gasteiger partial charge in [-0.25, -0.2) is 9.78 Å². The third-order valence-electron chi connectivity index (χ3n) is 7.43. The van der Waals surface area contributed by atoms with E-state index in [-0.39, 0.29) is 0 Å². The van der Waals surface area contributed by atoms with E-state index in [2.05, 4.69) is 46.7 Å². The molecule has 0 spiro atoms. The summed E-state index contributed by atoms with van der Waals surface area (Å²) in [5.74, 6) is 1.38. The second-order valence-corrected chi connectivity index (χ2v) is 9.79. The molecule has 0 unspecified atom stereocenters. The normalized spacial score (nSPS) is 20.6. The molecule has 0 radical (unpaired) electrons. The van der Waals surface area contributed by atoms with Crippen LogP contribution in [-0.2, 0) is 19.5 Å². The Morgan fingerprint density at radius 3 is 2.91 bits per heavy atom. The van der Waals surface area contributed by atoms with Gasteiger partial charge in [0.1, 0.15) is 5.82 Å². The summed E-state index contributed by atoms with van der Waals surface area (Å²) in [6.45, 7) is 6.06. The molecule has 2 aliphatic rings. The number of nitrogens with zero attached hydrogens (tertiary/aromatic N) is 5. The number of carboxylic acid groups (broad SMARTS) is 1. The van der Waals surface area contributed by atoms with Crippen LogP contribution in [0.1, 0.15) is 62.2 Å². The van der Waals surface area contributed by atoms with Gasteiger partial charge in [-0.3, -0.25) is 9.88 Å². The lowest BCUT2D eigenvalue weighted by Gasteiger charge is -2.35. The molecule has 2 atom stereocenters. The zero-order valence-corrected chi connectivity index (χ0v) is 20.1. The van der Waals surface area contributed by atoms with Crippen molar-refractivity contribution in [2.24, 2.45) is 5.92 Å². The lowest BCUT2D eigenvalue weighted by Crippen LogP contribution is -2.40. The quantitative estimate of drug-likeness (QED) is 0.529. The number of likely N-dealkylation sites (tertiary alicyclic amines) is 1. The molecule has 0 saturated carbocycles. The fourth-order valence-corrected chi connectivity index (χ4v) is 5.85. The molecule has 1 fully saturated rings. The Morgan fingerprint density at radius 1 is 1.18 bits per heavy atom. The number of amides is 1. The van der Waals surface area contributed by atoms with Crippen molar-refractivity contribution >= 4 is 17.1 Å².